The topological polar surface area (TPSA) is 61.4 Å². The lowest BCUT2D eigenvalue weighted by Gasteiger charge is -2.22. The van der Waals surface area contributed by atoms with E-state index in [4.69, 9.17) is 0 Å². The summed E-state index contributed by atoms with van der Waals surface area (Å²) in [5, 5.41) is 6.25. The van der Waals surface area contributed by atoms with Gasteiger partial charge in [0.05, 0.1) is 0 Å². The minimum Gasteiger partial charge on any atom is -0.339 e. The maximum atomic E-state index is 12.3. The minimum atomic E-state index is 0. The molecule has 0 spiro atoms. The van der Waals surface area contributed by atoms with Gasteiger partial charge in [0.25, 0.3) is 5.91 Å². The van der Waals surface area contributed by atoms with Crippen LogP contribution in [0.2, 0.25) is 0 Å². The third kappa shape index (κ3) is 4.95. The van der Waals surface area contributed by atoms with Gasteiger partial charge in [0.1, 0.15) is 0 Å². The van der Waals surface area contributed by atoms with Crippen LogP contribution in [-0.4, -0.2) is 42.9 Å². The van der Waals surface area contributed by atoms with E-state index in [0.717, 1.165) is 57.5 Å². The number of halogens is 1. The number of likely N-dealkylation sites (tertiary alicyclic amines) is 1. The van der Waals surface area contributed by atoms with Crippen molar-refractivity contribution >= 4 is 29.9 Å². The standard InChI is InChI=1S/C18H25N3O2.ClH/c22-17(13-14-7-9-19-10-8-14)20-16-5-3-15(4-6-16)18(23)21-11-1-2-12-21;/h3-6,14,19H,1-2,7-13H2,(H,20,22);1H. The Kier molecular flexibility index (Phi) is 7.06. The first-order valence-electron chi connectivity index (χ1n) is 8.62. The van der Waals surface area contributed by atoms with Gasteiger partial charge in [0.2, 0.25) is 5.91 Å². The zero-order chi connectivity index (χ0) is 16.1. The summed E-state index contributed by atoms with van der Waals surface area (Å²) in [4.78, 5) is 26.3. The quantitative estimate of drug-likeness (QED) is 0.876. The Morgan fingerprint density at radius 3 is 2.33 bits per heavy atom. The number of nitrogens with zero attached hydrogens (tertiary/aromatic N) is 1. The summed E-state index contributed by atoms with van der Waals surface area (Å²) in [6.07, 6.45) is 4.90. The van der Waals surface area contributed by atoms with E-state index in [1.54, 1.807) is 12.1 Å². The van der Waals surface area contributed by atoms with Gasteiger partial charge in [-0.2, -0.15) is 0 Å². The van der Waals surface area contributed by atoms with E-state index >= 15 is 0 Å². The molecule has 2 aliphatic heterocycles. The molecule has 24 heavy (non-hydrogen) atoms. The molecule has 6 heteroatoms. The molecule has 132 valence electrons. The first-order chi connectivity index (χ1) is 11.2. The van der Waals surface area contributed by atoms with Gasteiger partial charge in [0.15, 0.2) is 0 Å². The average Bonchev–Trinajstić information content (AvgIpc) is 3.10. The average molecular weight is 352 g/mol. The highest BCUT2D eigenvalue weighted by Gasteiger charge is 2.20. The van der Waals surface area contributed by atoms with Crippen molar-refractivity contribution in [3.63, 3.8) is 0 Å². The Morgan fingerprint density at radius 2 is 1.71 bits per heavy atom. The van der Waals surface area contributed by atoms with Crippen molar-refractivity contribution < 1.29 is 9.59 Å². The number of rotatable bonds is 4. The lowest BCUT2D eigenvalue weighted by atomic mass is 9.94. The molecule has 0 atom stereocenters. The van der Waals surface area contributed by atoms with Crippen molar-refractivity contribution in [1.29, 1.82) is 0 Å². The monoisotopic (exact) mass is 351 g/mol. The first-order valence-corrected chi connectivity index (χ1v) is 8.62. The molecule has 2 amide bonds. The molecule has 5 nitrogen and oxygen atoms in total. The van der Waals surface area contributed by atoms with Gasteiger partial charge < -0.3 is 15.5 Å². The number of nitrogens with one attached hydrogen (secondary N) is 2. The van der Waals surface area contributed by atoms with Crippen LogP contribution in [0.3, 0.4) is 0 Å². The Balaban J connectivity index is 0.00000208. The molecule has 2 heterocycles. The summed E-state index contributed by atoms with van der Waals surface area (Å²) in [6.45, 7) is 3.72. The van der Waals surface area contributed by atoms with Crippen molar-refractivity contribution in [2.24, 2.45) is 5.92 Å². The number of carbonyl (C=O) groups excluding carboxylic acids is 2. The van der Waals surface area contributed by atoms with Gasteiger partial charge in [-0.05, 0) is 69.0 Å². The summed E-state index contributed by atoms with van der Waals surface area (Å²) in [6, 6.07) is 7.26. The van der Waals surface area contributed by atoms with E-state index in [9.17, 15) is 9.59 Å². The fourth-order valence-electron chi connectivity index (χ4n) is 3.36. The molecule has 2 aliphatic rings. The summed E-state index contributed by atoms with van der Waals surface area (Å²) in [7, 11) is 0. The van der Waals surface area contributed by atoms with Crippen molar-refractivity contribution in [2.45, 2.75) is 32.1 Å². The van der Waals surface area contributed by atoms with Gasteiger partial charge in [-0.3, -0.25) is 9.59 Å². The predicted molar refractivity (Wildman–Crippen MR) is 97.7 cm³/mol. The van der Waals surface area contributed by atoms with Crippen LogP contribution < -0.4 is 10.6 Å². The molecular weight excluding hydrogens is 326 g/mol. The minimum absolute atomic E-state index is 0. The molecule has 0 bridgehead atoms. The Hall–Kier alpha value is -1.59. The highest BCUT2D eigenvalue weighted by molar-refractivity contribution is 5.96. The van der Waals surface area contributed by atoms with Crippen LogP contribution in [0, 0.1) is 5.92 Å². The van der Waals surface area contributed by atoms with E-state index in [1.165, 1.54) is 0 Å². The number of hydrogen-bond donors (Lipinski definition) is 2. The van der Waals surface area contributed by atoms with Crippen LogP contribution in [0.4, 0.5) is 5.69 Å². The maximum Gasteiger partial charge on any atom is 0.253 e. The molecular formula is C18H26ClN3O2. The number of piperidine rings is 1. The van der Waals surface area contributed by atoms with Crippen LogP contribution in [-0.2, 0) is 4.79 Å². The second-order valence-electron chi connectivity index (χ2n) is 6.52. The lowest BCUT2D eigenvalue weighted by molar-refractivity contribution is -0.117. The molecule has 3 rings (SSSR count). The van der Waals surface area contributed by atoms with Crippen LogP contribution in [0.1, 0.15) is 42.5 Å². The van der Waals surface area contributed by atoms with E-state index in [1.807, 2.05) is 17.0 Å². The van der Waals surface area contributed by atoms with Crippen molar-refractivity contribution in [1.82, 2.24) is 10.2 Å². The third-order valence-corrected chi connectivity index (χ3v) is 4.74. The highest BCUT2D eigenvalue weighted by atomic mass is 35.5. The lowest BCUT2D eigenvalue weighted by Crippen LogP contribution is -2.30. The van der Waals surface area contributed by atoms with Crippen molar-refractivity contribution in [3.8, 4) is 0 Å². The number of anilines is 1. The summed E-state index contributed by atoms with van der Waals surface area (Å²) < 4.78 is 0. The fraction of sp³-hybridized carbons (Fsp3) is 0.556. The number of carbonyl (C=O) groups is 2. The zero-order valence-electron chi connectivity index (χ0n) is 13.9. The first kappa shape index (κ1) is 18.7. The third-order valence-electron chi connectivity index (χ3n) is 4.74. The molecule has 2 saturated heterocycles. The molecule has 2 N–H and O–H groups in total. The van der Waals surface area contributed by atoms with E-state index in [-0.39, 0.29) is 24.2 Å². The Morgan fingerprint density at radius 1 is 1.08 bits per heavy atom. The molecule has 0 radical (unpaired) electrons. The number of hydrogen-bond acceptors (Lipinski definition) is 3. The van der Waals surface area contributed by atoms with Gasteiger partial charge in [-0.15, -0.1) is 12.4 Å². The number of amides is 2. The normalized spacial score (nSPS) is 18.1. The van der Waals surface area contributed by atoms with Crippen molar-refractivity contribution in [2.75, 3.05) is 31.5 Å². The summed E-state index contributed by atoms with van der Waals surface area (Å²) >= 11 is 0. The molecule has 0 unspecified atom stereocenters. The molecule has 0 aliphatic carbocycles. The second-order valence-corrected chi connectivity index (χ2v) is 6.52. The smallest absolute Gasteiger partial charge is 0.253 e. The highest BCUT2D eigenvalue weighted by Crippen LogP contribution is 2.18. The van der Waals surface area contributed by atoms with E-state index in [0.29, 0.717) is 17.9 Å². The number of benzene rings is 1. The van der Waals surface area contributed by atoms with Gasteiger partial charge in [-0.25, -0.2) is 0 Å². The fourth-order valence-corrected chi connectivity index (χ4v) is 3.36. The molecule has 1 aromatic rings. The van der Waals surface area contributed by atoms with E-state index < -0.39 is 0 Å². The Labute approximate surface area is 149 Å². The largest absolute Gasteiger partial charge is 0.339 e. The second kappa shape index (κ2) is 9.04. The van der Waals surface area contributed by atoms with Crippen LogP contribution >= 0.6 is 12.4 Å². The van der Waals surface area contributed by atoms with Crippen LogP contribution in [0.15, 0.2) is 24.3 Å². The summed E-state index contributed by atoms with van der Waals surface area (Å²) in [5.41, 5.74) is 1.46. The van der Waals surface area contributed by atoms with Crippen LogP contribution in [0.25, 0.3) is 0 Å². The molecule has 0 saturated carbocycles. The van der Waals surface area contributed by atoms with E-state index in [2.05, 4.69) is 10.6 Å². The SMILES string of the molecule is Cl.O=C(CC1CCNCC1)Nc1ccc(C(=O)N2CCCC2)cc1. The summed E-state index contributed by atoms with van der Waals surface area (Å²) in [5.74, 6) is 0.637. The van der Waals surface area contributed by atoms with Crippen molar-refractivity contribution in [3.05, 3.63) is 29.8 Å². The molecule has 2 fully saturated rings. The Bertz CT molecular complexity index is 550. The predicted octanol–water partition coefficient (Wildman–Crippen LogP) is 2.67. The maximum absolute atomic E-state index is 12.3. The van der Waals surface area contributed by atoms with Gasteiger partial charge in [0, 0.05) is 30.8 Å². The molecule has 1 aromatic carbocycles. The van der Waals surface area contributed by atoms with Crippen LogP contribution in [0.5, 0.6) is 0 Å². The van der Waals surface area contributed by atoms with Gasteiger partial charge in [-0.1, -0.05) is 0 Å². The zero-order valence-corrected chi connectivity index (χ0v) is 14.7. The molecule has 0 aromatic heterocycles. The van der Waals surface area contributed by atoms with Gasteiger partial charge >= 0.3 is 0 Å².